The Balaban J connectivity index is 3.45. The molecule has 1 aromatic heterocycles. The van der Waals surface area contributed by atoms with Crippen LogP contribution in [0.2, 0.25) is 5.15 Å². The number of nitrogens with zero attached hydrogens (tertiary/aromatic N) is 2. The van der Waals surface area contributed by atoms with Gasteiger partial charge in [0, 0.05) is 10.7 Å². The Morgan fingerprint density at radius 1 is 1.44 bits per heavy atom. The third kappa shape index (κ3) is 2.52. The van der Waals surface area contributed by atoms with Crippen LogP contribution in [0, 0.1) is 0 Å². The molecule has 0 aliphatic heterocycles. The predicted octanol–water partition coefficient (Wildman–Crippen LogP) is 3.00. The average molecular weight is 285 g/mol. The van der Waals surface area contributed by atoms with E-state index in [1.165, 1.54) is 4.68 Å². The summed E-state index contributed by atoms with van der Waals surface area (Å²) >= 11 is 6.00. The van der Waals surface area contributed by atoms with Crippen LogP contribution in [0.15, 0.2) is 4.90 Å². The fourth-order valence-corrected chi connectivity index (χ4v) is 3.36. The van der Waals surface area contributed by atoms with Crippen LogP contribution in [0.3, 0.4) is 0 Å². The Bertz CT molecular complexity index is 482. The molecule has 0 radical (unpaired) electrons. The van der Waals surface area contributed by atoms with Crippen LogP contribution in [0.4, 0.5) is 0 Å². The van der Waals surface area contributed by atoms with Crippen LogP contribution in [0.5, 0.6) is 0 Å². The first kappa shape index (κ1) is 13.8. The van der Waals surface area contributed by atoms with Crippen molar-refractivity contribution in [2.45, 2.75) is 44.6 Å². The van der Waals surface area contributed by atoms with E-state index >= 15 is 0 Å². The van der Waals surface area contributed by atoms with Crippen molar-refractivity contribution in [2.75, 3.05) is 0 Å². The molecule has 0 spiro atoms. The SMILES string of the molecule is CCc1nn(C(C)CC)c(Cl)c1S(=O)(=O)Cl. The summed E-state index contributed by atoms with van der Waals surface area (Å²) in [6, 6.07) is 0.0463. The zero-order valence-electron chi connectivity index (χ0n) is 9.37. The maximum Gasteiger partial charge on any atom is 0.266 e. The smallest absolute Gasteiger partial charge is 0.250 e. The molecule has 4 nitrogen and oxygen atoms in total. The number of rotatable bonds is 4. The summed E-state index contributed by atoms with van der Waals surface area (Å²) in [6.07, 6.45) is 1.29. The zero-order valence-corrected chi connectivity index (χ0v) is 11.7. The van der Waals surface area contributed by atoms with Gasteiger partial charge in [0.15, 0.2) is 0 Å². The second-order valence-corrected chi connectivity index (χ2v) is 6.42. The number of halogens is 2. The lowest BCUT2D eigenvalue weighted by Crippen LogP contribution is -2.06. The molecular formula is C9H14Cl2N2O2S. The van der Waals surface area contributed by atoms with Crippen molar-refractivity contribution in [3.8, 4) is 0 Å². The van der Waals surface area contributed by atoms with Crippen molar-refractivity contribution in [3.63, 3.8) is 0 Å². The standard InChI is InChI=1S/C9H14Cl2N2O2S/c1-4-6(3)13-9(10)8(16(11,14)15)7(5-2)12-13/h6H,4-5H2,1-3H3. The summed E-state index contributed by atoms with van der Waals surface area (Å²) in [7, 11) is 1.50. The molecule has 0 bridgehead atoms. The quantitative estimate of drug-likeness (QED) is 0.799. The second-order valence-electron chi connectivity index (χ2n) is 3.56. The Labute approximate surface area is 105 Å². The van der Waals surface area contributed by atoms with Gasteiger partial charge in [-0.25, -0.2) is 13.1 Å². The molecule has 0 fully saturated rings. The minimum atomic E-state index is -3.84. The van der Waals surface area contributed by atoms with E-state index < -0.39 is 9.05 Å². The van der Waals surface area contributed by atoms with Gasteiger partial charge in [-0.15, -0.1) is 0 Å². The molecule has 0 amide bonds. The first-order valence-electron chi connectivity index (χ1n) is 5.04. The van der Waals surface area contributed by atoms with Gasteiger partial charge < -0.3 is 0 Å². The van der Waals surface area contributed by atoms with E-state index in [9.17, 15) is 8.42 Å². The topological polar surface area (TPSA) is 52.0 Å². The lowest BCUT2D eigenvalue weighted by molar-refractivity contribution is 0.474. The van der Waals surface area contributed by atoms with Gasteiger partial charge in [-0.2, -0.15) is 5.10 Å². The van der Waals surface area contributed by atoms with Gasteiger partial charge in [0.25, 0.3) is 9.05 Å². The van der Waals surface area contributed by atoms with Crippen LogP contribution in [-0.4, -0.2) is 18.2 Å². The number of aryl methyl sites for hydroxylation is 1. The molecule has 0 aromatic carbocycles. The first-order valence-corrected chi connectivity index (χ1v) is 7.73. The lowest BCUT2D eigenvalue weighted by atomic mass is 10.3. The highest BCUT2D eigenvalue weighted by Gasteiger charge is 2.26. The summed E-state index contributed by atoms with van der Waals surface area (Å²) in [4.78, 5) is -0.0568. The Morgan fingerprint density at radius 3 is 2.31 bits per heavy atom. The molecule has 0 N–H and O–H groups in total. The number of aromatic nitrogens is 2. The van der Waals surface area contributed by atoms with Gasteiger partial charge in [0.05, 0.1) is 11.7 Å². The van der Waals surface area contributed by atoms with E-state index in [2.05, 4.69) is 5.10 Å². The molecule has 0 aliphatic carbocycles. The molecule has 0 saturated heterocycles. The molecule has 0 saturated carbocycles. The van der Waals surface area contributed by atoms with Crippen LogP contribution in [0.1, 0.15) is 38.9 Å². The van der Waals surface area contributed by atoms with E-state index in [1.807, 2.05) is 20.8 Å². The largest absolute Gasteiger partial charge is 0.266 e. The number of hydrogen-bond donors (Lipinski definition) is 0. The van der Waals surface area contributed by atoms with Gasteiger partial charge in [0.1, 0.15) is 10.0 Å². The van der Waals surface area contributed by atoms with Crippen molar-refractivity contribution < 1.29 is 8.42 Å². The van der Waals surface area contributed by atoms with Crippen molar-refractivity contribution in [1.82, 2.24) is 9.78 Å². The third-order valence-electron chi connectivity index (χ3n) is 2.47. The van der Waals surface area contributed by atoms with Crippen molar-refractivity contribution >= 4 is 31.3 Å². The normalized spacial score (nSPS) is 14.1. The van der Waals surface area contributed by atoms with Crippen LogP contribution in [0.25, 0.3) is 0 Å². The van der Waals surface area contributed by atoms with E-state index in [0.29, 0.717) is 12.1 Å². The highest BCUT2D eigenvalue weighted by atomic mass is 35.7. The fourth-order valence-electron chi connectivity index (χ4n) is 1.38. The monoisotopic (exact) mass is 284 g/mol. The molecule has 1 heterocycles. The van der Waals surface area contributed by atoms with E-state index in [4.69, 9.17) is 22.3 Å². The highest BCUT2D eigenvalue weighted by Crippen LogP contribution is 2.31. The van der Waals surface area contributed by atoms with Gasteiger partial charge >= 0.3 is 0 Å². The van der Waals surface area contributed by atoms with Gasteiger partial charge in [-0.3, -0.25) is 0 Å². The minimum Gasteiger partial charge on any atom is -0.250 e. The fraction of sp³-hybridized carbons (Fsp3) is 0.667. The summed E-state index contributed by atoms with van der Waals surface area (Å²) in [5, 5.41) is 4.28. The minimum absolute atomic E-state index is 0.0463. The molecule has 1 atom stereocenters. The lowest BCUT2D eigenvalue weighted by Gasteiger charge is -2.09. The van der Waals surface area contributed by atoms with E-state index in [-0.39, 0.29) is 16.1 Å². The Hall–Kier alpha value is -0.260. The zero-order chi connectivity index (χ0) is 12.5. The third-order valence-corrected chi connectivity index (χ3v) is 4.32. The first-order chi connectivity index (χ1) is 7.32. The van der Waals surface area contributed by atoms with E-state index in [1.54, 1.807) is 0 Å². The van der Waals surface area contributed by atoms with Crippen LogP contribution in [-0.2, 0) is 15.5 Å². The molecule has 1 aromatic rings. The second kappa shape index (κ2) is 4.94. The van der Waals surface area contributed by atoms with Gasteiger partial charge in [-0.05, 0) is 19.8 Å². The van der Waals surface area contributed by atoms with Crippen LogP contribution < -0.4 is 0 Å². The Morgan fingerprint density at radius 2 is 2.00 bits per heavy atom. The summed E-state index contributed by atoms with van der Waals surface area (Å²) in [6.45, 7) is 5.71. The molecule has 16 heavy (non-hydrogen) atoms. The molecule has 1 rings (SSSR count). The molecule has 0 aliphatic rings. The maximum absolute atomic E-state index is 11.4. The molecular weight excluding hydrogens is 271 g/mol. The maximum atomic E-state index is 11.4. The van der Waals surface area contributed by atoms with Crippen molar-refractivity contribution in [1.29, 1.82) is 0 Å². The van der Waals surface area contributed by atoms with E-state index in [0.717, 1.165) is 6.42 Å². The van der Waals surface area contributed by atoms with Crippen molar-refractivity contribution in [2.24, 2.45) is 0 Å². The average Bonchev–Trinajstić information content (AvgIpc) is 2.53. The summed E-state index contributed by atoms with van der Waals surface area (Å²) in [5.74, 6) is 0. The van der Waals surface area contributed by atoms with Gasteiger partial charge in [0.2, 0.25) is 0 Å². The molecule has 92 valence electrons. The molecule has 7 heteroatoms. The van der Waals surface area contributed by atoms with Gasteiger partial charge in [-0.1, -0.05) is 25.4 Å². The summed E-state index contributed by atoms with van der Waals surface area (Å²) < 4.78 is 24.3. The van der Waals surface area contributed by atoms with Crippen molar-refractivity contribution in [3.05, 3.63) is 10.8 Å². The highest BCUT2D eigenvalue weighted by molar-refractivity contribution is 8.13. The Kier molecular flexibility index (Phi) is 4.26. The van der Waals surface area contributed by atoms with Crippen LogP contribution >= 0.6 is 22.3 Å². The molecule has 1 unspecified atom stereocenters. The predicted molar refractivity (Wildman–Crippen MR) is 64.7 cm³/mol. The summed E-state index contributed by atoms with van der Waals surface area (Å²) in [5.41, 5.74) is 0.417. The number of hydrogen-bond acceptors (Lipinski definition) is 3.